The van der Waals surface area contributed by atoms with Gasteiger partial charge in [0.05, 0.1) is 17.7 Å². The number of anilines is 1. The van der Waals surface area contributed by atoms with Crippen molar-refractivity contribution < 1.29 is 27.1 Å². The van der Waals surface area contributed by atoms with Crippen molar-refractivity contribution in [2.45, 2.75) is 44.6 Å². The molecule has 4 heterocycles. The average Bonchev–Trinajstić information content (AvgIpc) is 3.44. The average molecular weight is 523 g/mol. The maximum atomic E-state index is 14.7. The Morgan fingerprint density at radius 1 is 1.11 bits per heavy atom. The first-order chi connectivity index (χ1) is 18.3. The molecule has 1 fully saturated rings. The summed E-state index contributed by atoms with van der Waals surface area (Å²) in [7, 11) is 0. The van der Waals surface area contributed by atoms with E-state index in [1.165, 1.54) is 24.7 Å². The number of nitrogens with zero attached hydrogens (tertiary/aromatic N) is 4. The lowest BCUT2D eigenvalue weighted by molar-refractivity contribution is -0.137. The fourth-order valence-corrected chi connectivity index (χ4v) is 5.41. The van der Waals surface area contributed by atoms with Crippen LogP contribution in [0.4, 0.5) is 23.5 Å². The predicted octanol–water partition coefficient (Wildman–Crippen LogP) is 5.22. The normalized spacial score (nSPS) is 16.6. The highest BCUT2D eigenvalue weighted by Gasteiger charge is 2.38. The molecule has 0 unspecified atom stereocenters. The molecular formula is C27H21F4N5O2. The summed E-state index contributed by atoms with van der Waals surface area (Å²) < 4.78 is 62.5. The van der Waals surface area contributed by atoms with Crippen molar-refractivity contribution in [1.29, 1.82) is 0 Å². The van der Waals surface area contributed by atoms with E-state index in [-0.39, 0.29) is 36.5 Å². The molecule has 1 saturated carbocycles. The van der Waals surface area contributed by atoms with Crippen LogP contribution in [0.2, 0.25) is 0 Å². The van der Waals surface area contributed by atoms with E-state index in [0.717, 1.165) is 30.5 Å². The second kappa shape index (κ2) is 8.17. The van der Waals surface area contributed by atoms with Gasteiger partial charge in [-0.3, -0.25) is 9.20 Å². The monoisotopic (exact) mass is 523 g/mol. The number of aromatic nitrogens is 3. The Labute approximate surface area is 214 Å². The number of nitrogens with one attached hydrogen (secondary N) is 1. The van der Waals surface area contributed by atoms with E-state index in [1.807, 2.05) is 0 Å². The van der Waals surface area contributed by atoms with Crippen molar-refractivity contribution in [3.05, 3.63) is 76.6 Å². The van der Waals surface area contributed by atoms with E-state index < -0.39 is 11.7 Å². The Morgan fingerprint density at radius 2 is 1.95 bits per heavy atom. The number of benzene rings is 2. The number of carbonyl (C=O) groups is 1. The molecule has 7 nitrogen and oxygen atoms in total. The lowest BCUT2D eigenvalue weighted by Crippen LogP contribution is -2.34. The Hall–Kier alpha value is -4.15. The van der Waals surface area contributed by atoms with Crippen molar-refractivity contribution in [2.24, 2.45) is 0 Å². The molecule has 2 aliphatic heterocycles. The van der Waals surface area contributed by atoms with Crippen molar-refractivity contribution in [3.63, 3.8) is 0 Å². The standard InChI is InChI=1S/C27H21F4N5O2/c28-21-5-6-22-18(7-8-38-22)19(21)10-32-26-33-11-20-17-4-1-15(27(29,30)31)9-14(17)12-35(16-2-3-16)25(37)23-24(20)36(26)13-34-23/h1,4-6,9,11,13,16H,2-3,7-8,10,12H2,(H,32,33). The number of fused-ring (bicyclic) bond motifs is 3. The van der Waals surface area contributed by atoms with Gasteiger partial charge < -0.3 is 15.0 Å². The number of imidazole rings is 1. The van der Waals surface area contributed by atoms with Crippen LogP contribution in [-0.2, 0) is 25.7 Å². The topological polar surface area (TPSA) is 71.8 Å². The molecule has 38 heavy (non-hydrogen) atoms. The highest BCUT2D eigenvalue weighted by atomic mass is 19.4. The molecule has 4 aromatic rings. The van der Waals surface area contributed by atoms with Gasteiger partial charge in [-0.15, -0.1) is 0 Å². The van der Waals surface area contributed by atoms with Gasteiger partial charge in [0.2, 0.25) is 5.95 Å². The fraction of sp³-hybridized carbons (Fsp3) is 0.296. The van der Waals surface area contributed by atoms with Crippen LogP contribution >= 0.6 is 0 Å². The van der Waals surface area contributed by atoms with Gasteiger partial charge in [0.1, 0.15) is 17.9 Å². The molecule has 1 N–H and O–H groups in total. The maximum absolute atomic E-state index is 14.7. The zero-order chi connectivity index (χ0) is 26.2. The molecule has 0 radical (unpaired) electrons. The third-order valence-corrected chi connectivity index (χ3v) is 7.45. The maximum Gasteiger partial charge on any atom is 0.416 e. The van der Waals surface area contributed by atoms with E-state index in [9.17, 15) is 22.4 Å². The third-order valence-electron chi connectivity index (χ3n) is 7.45. The molecular weight excluding hydrogens is 502 g/mol. The summed E-state index contributed by atoms with van der Waals surface area (Å²) in [5.41, 5.74) is 2.64. The highest BCUT2D eigenvalue weighted by molar-refractivity contribution is 6.04. The molecule has 2 aromatic carbocycles. The molecule has 2 aromatic heterocycles. The molecule has 0 bridgehead atoms. The molecule has 0 spiro atoms. The Balaban J connectivity index is 1.35. The summed E-state index contributed by atoms with van der Waals surface area (Å²) in [6, 6.07) is 6.54. The summed E-state index contributed by atoms with van der Waals surface area (Å²) in [5.74, 6) is 0.294. The largest absolute Gasteiger partial charge is 0.493 e. The Morgan fingerprint density at radius 3 is 2.74 bits per heavy atom. The third kappa shape index (κ3) is 3.59. The van der Waals surface area contributed by atoms with Crippen LogP contribution in [0.25, 0.3) is 16.6 Å². The molecule has 11 heteroatoms. The zero-order valence-corrected chi connectivity index (χ0v) is 20.0. The van der Waals surface area contributed by atoms with Crippen LogP contribution in [0.15, 0.2) is 42.9 Å². The lowest BCUT2D eigenvalue weighted by atomic mass is 9.95. The molecule has 3 aliphatic rings. The van der Waals surface area contributed by atoms with Gasteiger partial charge in [0.15, 0.2) is 5.69 Å². The summed E-state index contributed by atoms with van der Waals surface area (Å²) >= 11 is 0. The first-order valence-corrected chi connectivity index (χ1v) is 12.3. The van der Waals surface area contributed by atoms with Crippen LogP contribution < -0.4 is 10.1 Å². The van der Waals surface area contributed by atoms with Crippen molar-refractivity contribution in [3.8, 4) is 16.9 Å². The Bertz CT molecular complexity index is 1630. The number of hydrogen-bond acceptors (Lipinski definition) is 5. The molecule has 7 rings (SSSR count). The smallest absolute Gasteiger partial charge is 0.416 e. The Kier molecular flexibility index (Phi) is 4.95. The van der Waals surface area contributed by atoms with Gasteiger partial charge in [0.25, 0.3) is 5.91 Å². The van der Waals surface area contributed by atoms with Crippen LogP contribution in [0.5, 0.6) is 5.75 Å². The number of halogens is 4. The van der Waals surface area contributed by atoms with Gasteiger partial charge in [-0.25, -0.2) is 14.4 Å². The van der Waals surface area contributed by atoms with E-state index in [1.54, 1.807) is 15.4 Å². The number of rotatable bonds is 4. The zero-order valence-electron chi connectivity index (χ0n) is 20.0. The van der Waals surface area contributed by atoms with Crippen LogP contribution in [-0.4, -0.2) is 37.8 Å². The summed E-state index contributed by atoms with van der Waals surface area (Å²) in [6.07, 6.45) is 0.684. The molecule has 0 saturated heterocycles. The van der Waals surface area contributed by atoms with Gasteiger partial charge in [-0.1, -0.05) is 6.07 Å². The van der Waals surface area contributed by atoms with Crippen molar-refractivity contribution >= 4 is 17.4 Å². The lowest BCUT2D eigenvalue weighted by Gasteiger charge is -2.26. The second-order valence-electron chi connectivity index (χ2n) is 9.80. The second-order valence-corrected chi connectivity index (χ2v) is 9.80. The number of alkyl halides is 3. The minimum Gasteiger partial charge on any atom is -0.493 e. The van der Waals surface area contributed by atoms with Crippen LogP contribution in [0.1, 0.15) is 45.6 Å². The number of carbonyl (C=O) groups excluding carboxylic acids is 1. The van der Waals surface area contributed by atoms with E-state index >= 15 is 0 Å². The minimum atomic E-state index is -4.51. The molecule has 1 amide bonds. The molecule has 194 valence electrons. The summed E-state index contributed by atoms with van der Waals surface area (Å²) in [4.78, 5) is 24.1. The van der Waals surface area contributed by atoms with Crippen LogP contribution in [0, 0.1) is 5.82 Å². The summed E-state index contributed by atoms with van der Waals surface area (Å²) in [6.45, 7) is 0.672. The number of amides is 1. The van der Waals surface area contributed by atoms with Crippen LogP contribution in [0.3, 0.4) is 0 Å². The minimum absolute atomic E-state index is 0.0343. The first-order valence-electron chi connectivity index (χ1n) is 12.3. The molecule has 0 atom stereocenters. The van der Waals surface area contributed by atoms with Gasteiger partial charge >= 0.3 is 6.18 Å². The van der Waals surface area contributed by atoms with Gasteiger partial charge in [-0.2, -0.15) is 13.2 Å². The van der Waals surface area contributed by atoms with Gasteiger partial charge in [-0.05, 0) is 48.2 Å². The van der Waals surface area contributed by atoms with Crippen molar-refractivity contribution in [1.82, 2.24) is 19.3 Å². The number of ether oxygens (including phenoxy) is 1. The van der Waals surface area contributed by atoms with E-state index in [4.69, 9.17) is 4.74 Å². The quantitative estimate of drug-likeness (QED) is 0.372. The summed E-state index contributed by atoms with van der Waals surface area (Å²) in [5, 5.41) is 3.16. The fourth-order valence-electron chi connectivity index (χ4n) is 5.41. The SMILES string of the molecule is O=C1c2ncn3c(NCc4c(F)ccc5c4CCO5)ncc(c23)-c2ccc(C(F)(F)F)cc2CN1C1CC1. The van der Waals surface area contributed by atoms with E-state index in [2.05, 4.69) is 15.3 Å². The molecule has 1 aliphatic carbocycles. The highest BCUT2D eigenvalue weighted by Crippen LogP contribution is 2.40. The van der Waals surface area contributed by atoms with E-state index in [0.29, 0.717) is 52.5 Å². The predicted molar refractivity (Wildman–Crippen MR) is 129 cm³/mol. The van der Waals surface area contributed by atoms with Gasteiger partial charge in [0, 0.05) is 48.4 Å². The van der Waals surface area contributed by atoms with Crippen molar-refractivity contribution in [2.75, 3.05) is 11.9 Å². The first kappa shape index (κ1) is 23.0. The number of hydrogen-bond donors (Lipinski definition) is 1.